The molecule has 8 heteroatoms. The van der Waals surface area contributed by atoms with Crippen LogP contribution in [0.3, 0.4) is 0 Å². The number of hydrogen-bond acceptors (Lipinski definition) is 2. The average molecular weight is 300 g/mol. The number of alkyl halides is 5. The van der Waals surface area contributed by atoms with Gasteiger partial charge in [0.2, 0.25) is 0 Å². The summed E-state index contributed by atoms with van der Waals surface area (Å²) in [6.45, 7) is 0. The summed E-state index contributed by atoms with van der Waals surface area (Å²) in [5.74, 6) is -6.33. The Morgan fingerprint density at radius 1 is 1.11 bits per heavy atom. The van der Waals surface area contributed by atoms with Crippen molar-refractivity contribution in [2.24, 2.45) is 5.73 Å². The molecule has 0 bridgehead atoms. The molecule has 0 heterocycles. The van der Waals surface area contributed by atoms with Gasteiger partial charge in [0, 0.05) is 16.7 Å². The van der Waals surface area contributed by atoms with E-state index in [0.717, 1.165) is 0 Å². The summed E-state index contributed by atoms with van der Waals surface area (Å²) in [5.41, 5.74) is 2.68. The molecule has 0 spiro atoms. The van der Waals surface area contributed by atoms with E-state index in [9.17, 15) is 26.7 Å². The molecule has 1 rings (SSSR count). The molecule has 0 aliphatic carbocycles. The van der Waals surface area contributed by atoms with E-state index >= 15 is 0 Å². The highest BCUT2D eigenvalue weighted by atomic mass is 35.5. The Bertz CT molecular complexity index is 507. The van der Waals surface area contributed by atoms with Crippen LogP contribution in [0.1, 0.15) is 10.4 Å². The van der Waals surface area contributed by atoms with Crippen molar-refractivity contribution < 1.29 is 26.7 Å². The van der Waals surface area contributed by atoms with Gasteiger partial charge >= 0.3 is 12.1 Å². The lowest BCUT2D eigenvalue weighted by Crippen LogP contribution is -2.41. The van der Waals surface area contributed by atoms with Crippen molar-refractivity contribution >= 4 is 17.4 Å². The van der Waals surface area contributed by atoms with Crippen molar-refractivity contribution in [1.82, 2.24) is 0 Å². The molecule has 0 aromatic heterocycles. The van der Waals surface area contributed by atoms with Gasteiger partial charge in [-0.25, -0.2) is 0 Å². The molecule has 104 valence electrons. The first-order chi connectivity index (χ1) is 8.55. The third-order valence-corrected chi connectivity index (χ3v) is 2.39. The summed E-state index contributed by atoms with van der Waals surface area (Å²) < 4.78 is 61.5. The molecule has 0 aliphatic heterocycles. The van der Waals surface area contributed by atoms with Gasteiger partial charge < -0.3 is 5.73 Å². The first-order valence-electron chi connectivity index (χ1n) is 4.78. The van der Waals surface area contributed by atoms with Crippen LogP contribution in [0.5, 0.6) is 0 Å². The van der Waals surface area contributed by atoms with Gasteiger partial charge in [-0.2, -0.15) is 22.0 Å². The fourth-order valence-corrected chi connectivity index (χ4v) is 1.22. The molecule has 0 amide bonds. The molecular weight excluding hydrogens is 293 g/mol. The maximum Gasteiger partial charge on any atom is 0.459 e. The van der Waals surface area contributed by atoms with Crippen molar-refractivity contribution in [2.45, 2.75) is 12.1 Å². The van der Waals surface area contributed by atoms with E-state index in [1.54, 1.807) is 0 Å². The van der Waals surface area contributed by atoms with Crippen molar-refractivity contribution in [3.63, 3.8) is 0 Å². The van der Waals surface area contributed by atoms with Gasteiger partial charge in [-0.15, -0.1) is 0 Å². The minimum atomic E-state index is -5.85. The van der Waals surface area contributed by atoms with Crippen molar-refractivity contribution in [3.05, 3.63) is 46.6 Å². The van der Waals surface area contributed by atoms with E-state index in [-0.39, 0.29) is 16.7 Å². The number of benzene rings is 1. The topological polar surface area (TPSA) is 43.1 Å². The minimum Gasteiger partial charge on any atom is -0.397 e. The van der Waals surface area contributed by atoms with E-state index in [4.69, 9.17) is 11.6 Å². The first kappa shape index (κ1) is 15.4. The molecule has 0 unspecified atom stereocenters. The van der Waals surface area contributed by atoms with Gasteiger partial charge in [0.05, 0.1) is 5.70 Å². The second kappa shape index (κ2) is 5.16. The SMILES string of the molecule is N/C(=C\C(=O)c1ccc(Cl)cc1)C(F)(F)C(F)(F)F. The number of carbonyl (C=O) groups excluding carboxylic acids is 1. The lowest BCUT2D eigenvalue weighted by molar-refractivity contribution is -0.264. The molecule has 0 fully saturated rings. The fourth-order valence-electron chi connectivity index (χ4n) is 1.09. The van der Waals surface area contributed by atoms with Crippen LogP contribution >= 0.6 is 11.6 Å². The number of nitrogens with two attached hydrogens (primary N) is 1. The lowest BCUT2D eigenvalue weighted by Gasteiger charge is -2.19. The fraction of sp³-hybridized carbons (Fsp3) is 0.182. The van der Waals surface area contributed by atoms with Crippen molar-refractivity contribution in [3.8, 4) is 0 Å². The monoisotopic (exact) mass is 299 g/mol. The molecule has 2 N–H and O–H groups in total. The molecule has 0 radical (unpaired) electrons. The van der Waals surface area contributed by atoms with Crippen LogP contribution in [-0.2, 0) is 0 Å². The summed E-state index contributed by atoms with van der Waals surface area (Å²) in [7, 11) is 0. The highest BCUT2D eigenvalue weighted by molar-refractivity contribution is 6.30. The van der Waals surface area contributed by atoms with Gasteiger partial charge in [0.25, 0.3) is 0 Å². The van der Waals surface area contributed by atoms with E-state index in [2.05, 4.69) is 5.73 Å². The van der Waals surface area contributed by atoms with Gasteiger partial charge in [-0.3, -0.25) is 4.79 Å². The highest BCUT2D eigenvalue weighted by Gasteiger charge is 2.59. The zero-order chi connectivity index (χ0) is 14.8. The van der Waals surface area contributed by atoms with Crippen molar-refractivity contribution in [2.75, 3.05) is 0 Å². The van der Waals surface area contributed by atoms with E-state index < -0.39 is 23.6 Å². The molecule has 0 atom stereocenters. The molecule has 2 nitrogen and oxygen atoms in total. The van der Waals surface area contributed by atoms with Crippen LogP contribution in [-0.4, -0.2) is 17.9 Å². The zero-order valence-electron chi connectivity index (χ0n) is 9.14. The normalized spacial score (nSPS) is 13.5. The van der Waals surface area contributed by atoms with E-state index in [0.29, 0.717) is 0 Å². The molecule has 0 saturated heterocycles. The Labute approximate surface area is 109 Å². The third kappa shape index (κ3) is 3.44. The summed E-state index contributed by atoms with van der Waals surface area (Å²) in [4.78, 5) is 11.4. The Morgan fingerprint density at radius 3 is 2.00 bits per heavy atom. The molecule has 0 aliphatic rings. The maximum atomic E-state index is 12.8. The number of halogens is 6. The van der Waals surface area contributed by atoms with Crippen LogP contribution in [0.25, 0.3) is 0 Å². The Morgan fingerprint density at radius 2 is 1.58 bits per heavy atom. The predicted molar refractivity (Wildman–Crippen MR) is 59.1 cm³/mol. The molecule has 0 saturated carbocycles. The van der Waals surface area contributed by atoms with Gasteiger partial charge in [0.15, 0.2) is 5.78 Å². The molecule has 1 aromatic carbocycles. The zero-order valence-corrected chi connectivity index (χ0v) is 9.90. The number of hydrogen-bond donors (Lipinski definition) is 1. The third-order valence-electron chi connectivity index (χ3n) is 2.13. The number of allylic oxidation sites excluding steroid dienone is 2. The lowest BCUT2D eigenvalue weighted by atomic mass is 10.1. The number of carbonyl (C=O) groups is 1. The Balaban J connectivity index is 3.03. The van der Waals surface area contributed by atoms with Gasteiger partial charge in [-0.05, 0) is 24.3 Å². The summed E-state index contributed by atoms with van der Waals surface area (Å²) >= 11 is 5.53. The first-order valence-corrected chi connectivity index (χ1v) is 5.15. The quantitative estimate of drug-likeness (QED) is 0.527. The highest BCUT2D eigenvalue weighted by Crippen LogP contribution is 2.39. The molecule has 1 aromatic rings. The van der Waals surface area contributed by atoms with Gasteiger partial charge in [0.1, 0.15) is 0 Å². The molecular formula is C11H7ClF5NO. The smallest absolute Gasteiger partial charge is 0.397 e. The van der Waals surface area contributed by atoms with Crippen LogP contribution in [0.2, 0.25) is 5.02 Å². The van der Waals surface area contributed by atoms with E-state index in [1.165, 1.54) is 24.3 Å². The second-order valence-electron chi connectivity index (χ2n) is 3.54. The summed E-state index contributed by atoms with van der Waals surface area (Å²) in [6, 6.07) is 4.95. The van der Waals surface area contributed by atoms with Crippen LogP contribution in [0.4, 0.5) is 22.0 Å². The Kier molecular flexibility index (Phi) is 4.19. The number of rotatable bonds is 3. The predicted octanol–water partition coefficient (Wildman–Crippen LogP) is 3.56. The van der Waals surface area contributed by atoms with Crippen molar-refractivity contribution in [1.29, 1.82) is 0 Å². The number of ketones is 1. The van der Waals surface area contributed by atoms with Gasteiger partial charge in [-0.1, -0.05) is 11.6 Å². The summed E-state index contributed by atoms with van der Waals surface area (Å²) in [5, 5.41) is 0.286. The maximum absolute atomic E-state index is 12.8. The van der Waals surface area contributed by atoms with E-state index in [1.807, 2.05) is 0 Å². The average Bonchev–Trinajstić information content (AvgIpc) is 2.28. The Hall–Kier alpha value is -1.63. The standard InChI is InChI=1S/C11H7ClF5NO/c12-7-3-1-6(2-4-7)8(19)5-9(18)10(13,14)11(15,16)17/h1-5H,18H2/b9-5-. The second-order valence-corrected chi connectivity index (χ2v) is 3.98. The van der Waals surface area contributed by atoms with Crippen LogP contribution in [0, 0.1) is 0 Å². The largest absolute Gasteiger partial charge is 0.459 e. The van der Waals surface area contributed by atoms with Crippen LogP contribution in [0.15, 0.2) is 36.0 Å². The minimum absolute atomic E-state index is 0.0523. The van der Waals surface area contributed by atoms with Crippen LogP contribution < -0.4 is 5.73 Å². The summed E-state index contributed by atoms with van der Waals surface area (Å²) in [6.07, 6.45) is -5.80. The molecule has 19 heavy (non-hydrogen) atoms.